The topological polar surface area (TPSA) is 113 Å². The Kier molecular flexibility index (Phi) is 6.62. The summed E-state index contributed by atoms with van der Waals surface area (Å²) in [5.41, 5.74) is 3.21. The first-order valence-corrected chi connectivity index (χ1v) is 13.6. The molecule has 2 aliphatic rings. The minimum absolute atomic E-state index is 0.0971. The third-order valence-corrected chi connectivity index (χ3v) is 8.97. The summed E-state index contributed by atoms with van der Waals surface area (Å²) in [6.07, 6.45) is -3.97. The molecule has 2 aliphatic heterocycles. The quantitative estimate of drug-likeness (QED) is 0.260. The maximum atomic E-state index is 14.6. The molecule has 4 atom stereocenters. The van der Waals surface area contributed by atoms with Crippen molar-refractivity contribution in [2.24, 2.45) is 13.0 Å². The highest BCUT2D eigenvalue weighted by Crippen LogP contribution is 2.43. The number of hydrogen-bond acceptors (Lipinski definition) is 7. The zero-order valence-electron chi connectivity index (χ0n) is 21.5. The molecule has 0 aliphatic carbocycles. The van der Waals surface area contributed by atoms with Crippen LogP contribution in [0.2, 0.25) is 0 Å². The van der Waals surface area contributed by atoms with E-state index in [0.29, 0.717) is 39.2 Å². The second kappa shape index (κ2) is 10.0. The Morgan fingerprint density at radius 1 is 1.12 bits per heavy atom. The number of amides is 1. The van der Waals surface area contributed by atoms with Gasteiger partial charge >= 0.3 is 12.1 Å². The molecule has 1 amide bonds. The molecule has 0 spiro atoms. The van der Waals surface area contributed by atoms with Gasteiger partial charge < -0.3 is 10.6 Å². The van der Waals surface area contributed by atoms with Crippen LogP contribution in [0.3, 0.4) is 0 Å². The highest BCUT2D eigenvalue weighted by atomic mass is 32.1. The molecule has 2 aromatic heterocycles. The lowest BCUT2D eigenvalue weighted by Crippen LogP contribution is -2.50. The van der Waals surface area contributed by atoms with E-state index in [0.717, 1.165) is 11.1 Å². The number of nitrogens with zero attached hydrogens (tertiary/aromatic N) is 4. The van der Waals surface area contributed by atoms with Crippen LogP contribution in [0.4, 0.5) is 17.6 Å². The van der Waals surface area contributed by atoms with Crippen molar-refractivity contribution < 1.29 is 27.2 Å². The van der Waals surface area contributed by atoms with Crippen molar-refractivity contribution in [1.82, 2.24) is 25.6 Å². The number of nitriles is 1. The number of rotatable bonds is 5. The number of thiophene rings is 1. The van der Waals surface area contributed by atoms with Crippen LogP contribution in [-0.2, 0) is 11.8 Å². The molecule has 4 aromatic rings. The molecule has 210 valence electrons. The van der Waals surface area contributed by atoms with Crippen molar-refractivity contribution in [3.63, 3.8) is 0 Å². The number of ketones is 1. The lowest BCUT2D eigenvalue weighted by molar-refractivity contribution is -0.174. The summed E-state index contributed by atoms with van der Waals surface area (Å²) in [4.78, 5) is 26.4. The van der Waals surface area contributed by atoms with Crippen LogP contribution >= 0.6 is 11.3 Å². The van der Waals surface area contributed by atoms with Gasteiger partial charge in [0.2, 0.25) is 0 Å². The van der Waals surface area contributed by atoms with Gasteiger partial charge in [-0.15, -0.1) is 16.4 Å². The van der Waals surface area contributed by atoms with E-state index in [2.05, 4.69) is 20.9 Å². The second-order valence-electron chi connectivity index (χ2n) is 10.4. The summed E-state index contributed by atoms with van der Waals surface area (Å²) < 4.78 is 54.7. The van der Waals surface area contributed by atoms with E-state index in [-0.39, 0.29) is 23.8 Å². The lowest BCUT2D eigenvalue weighted by atomic mass is 9.87. The van der Waals surface area contributed by atoms with Crippen LogP contribution in [0.1, 0.15) is 34.5 Å². The minimum Gasteiger partial charge on any atom is -0.344 e. The Bertz CT molecular complexity index is 1740. The summed E-state index contributed by atoms with van der Waals surface area (Å²) in [6, 6.07) is 12.0. The van der Waals surface area contributed by atoms with Crippen LogP contribution in [0.5, 0.6) is 0 Å². The number of halogens is 4. The van der Waals surface area contributed by atoms with Gasteiger partial charge in [0.25, 0.3) is 0 Å². The van der Waals surface area contributed by atoms with Crippen LogP contribution in [0.15, 0.2) is 42.5 Å². The third-order valence-electron chi connectivity index (χ3n) is 7.77. The minimum atomic E-state index is -4.98. The number of carbonyl (C=O) groups excluding carboxylic acids is 2. The Labute approximate surface area is 235 Å². The largest absolute Gasteiger partial charge is 0.471 e. The fourth-order valence-electron chi connectivity index (χ4n) is 5.82. The molecule has 2 fully saturated rings. The molecule has 8 nitrogen and oxygen atoms in total. The molecule has 13 heteroatoms. The number of carbonyl (C=O) groups is 2. The smallest absolute Gasteiger partial charge is 0.344 e. The Morgan fingerprint density at radius 2 is 1.90 bits per heavy atom. The number of aryl methyl sites for hydroxylation is 1. The van der Waals surface area contributed by atoms with Gasteiger partial charge in [-0.05, 0) is 60.7 Å². The van der Waals surface area contributed by atoms with E-state index < -0.39 is 35.9 Å². The molecule has 0 radical (unpaired) electrons. The maximum Gasteiger partial charge on any atom is 0.471 e. The predicted molar refractivity (Wildman–Crippen MR) is 142 cm³/mol. The van der Waals surface area contributed by atoms with Crippen molar-refractivity contribution in [2.75, 3.05) is 0 Å². The fraction of sp³-hybridized carbons (Fsp3) is 0.321. The summed E-state index contributed by atoms with van der Waals surface area (Å²) in [5, 5.41) is 22.7. The highest BCUT2D eigenvalue weighted by molar-refractivity contribution is 7.18. The van der Waals surface area contributed by atoms with Gasteiger partial charge in [0.05, 0.1) is 16.0 Å². The molecule has 0 saturated carbocycles. The molecule has 4 heterocycles. The number of hydrogen-bond donors (Lipinski definition) is 2. The van der Waals surface area contributed by atoms with Gasteiger partial charge in [0.15, 0.2) is 5.78 Å². The Hall–Kier alpha value is -4.15. The summed E-state index contributed by atoms with van der Waals surface area (Å²) in [7, 11) is 1.77. The van der Waals surface area contributed by atoms with Crippen LogP contribution in [-0.4, -0.2) is 51.0 Å². The average molecular weight is 583 g/mol. The number of fused-ring (bicyclic) bond motifs is 3. The third kappa shape index (κ3) is 4.98. The zero-order valence-corrected chi connectivity index (χ0v) is 22.3. The van der Waals surface area contributed by atoms with Gasteiger partial charge in [-0.1, -0.05) is 17.3 Å². The van der Waals surface area contributed by atoms with Crippen LogP contribution in [0, 0.1) is 23.1 Å². The Balaban J connectivity index is 1.33. The SMILES string of the molecule is Cn1nnc2cc(-c3sc(C(=O)C4CC5CC(NC(=O)C(F)(F)F)C(C4)N5)cc3-c3ccc(C#N)c(F)c3)ccc21. The number of benzene rings is 2. The van der Waals surface area contributed by atoms with Gasteiger partial charge in [-0.2, -0.15) is 18.4 Å². The summed E-state index contributed by atoms with van der Waals surface area (Å²) in [5.74, 6) is -3.28. The first-order chi connectivity index (χ1) is 19.5. The molecule has 2 bridgehead atoms. The summed E-state index contributed by atoms with van der Waals surface area (Å²) >= 11 is 1.25. The lowest BCUT2D eigenvalue weighted by Gasteiger charge is -2.29. The number of Topliss-reactive ketones (excluding diaryl/α,β-unsaturated/α-hetero) is 1. The van der Waals surface area contributed by atoms with Crippen LogP contribution in [0.25, 0.3) is 32.6 Å². The van der Waals surface area contributed by atoms with Gasteiger partial charge in [-0.3, -0.25) is 9.59 Å². The molecular weight excluding hydrogens is 560 g/mol. The number of piperidine rings is 1. The maximum absolute atomic E-state index is 14.6. The standard InChI is InChI=1S/C28H22F4N6O2S/c1-38-23-5-4-14(8-22(23)36-37-38)26-18(13-2-3-15(12-33)19(29)7-13)11-24(41-26)25(39)16-6-17-10-21(20(9-16)34-17)35-27(40)28(30,31)32/h2-5,7-8,11,16-17,20-21,34H,6,9-10H2,1H3,(H,35,40). The predicted octanol–water partition coefficient (Wildman–Crippen LogP) is 4.74. The normalized spacial score (nSPS) is 22.0. The fourth-order valence-corrected chi connectivity index (χ4v) is 7.02. The number of alkyl halides is 3. The monoisotopic (exact) mass is 582 g/mol. The second-order valence-corrected chi connectivity index (χ2v) is 11.4. The van der Waals surface area contributed by atoms with Gasteiger partial charge in [-0.25, -0.2) is 9.07 Å². The van der Waals surface area contributed by atoms with Crippen molar-refractivity contribution in [3.05, 3.63) is 58.7 Å². The van der Waals surface area contributed by atoms with Crippen molar-refractivity contribution in [2.45, 2.75) is 43.6 Å². The first-order valence-electron chi connectivity index (χ1n) is 12.8. The molecule has 4 unspecified atom stereocenters. The average Bonchev–Trinajstić information content (AvgIpc) is 3.62. The number of nitrogens with one attached hydrogen (secondary N) is 2. The molecule has 2 saturated heterocycles. The van der Waals surface area contributed by atoms with Crippen LogP contribution < -0.4 is 10.6 Å². The molecular formula is C28H22F4N6O2S. The molecule has 2 N–H and O–H groups in total. The van der Waals surface area contributed by atoms with Gasteiger partial charge in [0.1, 0.15) is 17.4 Å². The van der Waals surface area contributed by atoms with E-state index in [9.17, 15) is 27.2 Å². The first kappa shape index (κ1) is 27.0. The molecule has 6 rings (SSSR count). The van der Waals surface area contributed by atoms with E-state index >= 15 is 0 Å². The van der Waals surface area contributed by atoms with E-state index in [1.54, 1.807) is 23.9 Å². The zero-order chi connectivity index (χ0) is 29.1. The van der Waals surface area contributed by atoms with Crippen molar-refractivity contribution in [1.29, 1.82) is 5.26 Å². The molecule has 41 heavy (non-hydrogen) atoms. The van der Waals surface area contributed by atoms with E-state index in [1.165, 1.54) is 23.5 Å². The molecule has 2 aromatic carbocycles. The van der Waals surface area contributed by atoms with Crippen molar-refractivity contribution >= 4 is 34.1 Å². The summed E-state index contributed by atoms with van der Waals surface area (Å²) in [6.45, 7) is 0. The van der Waals surface area contributed by atoms with E-state index in [1.807, 2.05) is 24.3 Å². The highest BCUT2D eigenvalue weighted by Gasteiger charge is 2.47. The number of aromatic nitrogens is 3. The van der Waals surface area contributed by atoms with Gasteiger partial charge in [0, 0.05) is 41.5 Å². The Morgan fingerprint density at radius 3 is 2.63 bits per heavy atom. The van der Waals surface area contributed by atoms with E-state index in [4.69, 9.17) is 5.26 Å². The van der Waals surface area contributed by atoms with Crippen molar-refractivity contribution in [3.8, 4) is 27.6 Å².